The zero-order valence-electron chi connectivity index (χ0n) is 13.5. The number of nitro benzene ring substituents is 1. The molecule has 0 unspecified atom stereocenters. The maximum absolute atomic E-state index is 11.2. The van der Waals surface area contributed by atoms with Gasteiger partial charge in [0.15, 0.2) is 10.8 Å². The summed E-state index contributed by atoms with van der Waals surface area (Å²) in [6.45, 7) is 1.99. The molecule has 1 saturated carbocycles. The summed E-state index contributed by atoms with van der Waals surface area (Å²) in [4.78, 5) is 13.4. The van der Waals surface area contributed by atoms with Gasteiger partial charge < -0.3 is 9.47 Å². The summed E-state index contributed by atoms with van der Waals surface area (Å²) < 4.78 is 11.6. The number of hydrogen-bond donors (Lipinski definition) is 2. The minimum absolute atomic E-state index is 0.0339. The summed E-state index contributed by atoms with van der Waals surface area (Å²) in [6, 6.07) is 8.47. The van der Waals surface area contributed by atoms with Gasteiger partial charge in [-0.15, -0.1) is 0 Å². The topological polar surface area (TPSA) is 149 Å². The molecule has 2 heterocycles. The van der Waals surface area contributed by atoms with Gasteiger partial charge >= 0.3 is 5.91 Å². The van der Waals surface area contributed by atoms with Crippen LogP contribution in [0, 0.1) is 43.6 Å². The fourth-order valence-electron chi connectivity index (χ4n) is 4.31. The van der Waals surface area contributed by atoms with Gasteiger partial charge in [-0.05, 0) is 18.6 Å². The third kappa shape index (κ3) is 1.59. The van der Waals surface area contributed by atoms with Crippen LogP contribution in [0.2, 0.25) is 5.02 Å². The van der Waals surface area contributed by atoms with Crippen molar-refractivity contribution in [1.82, 2.24) is 0 Å². The Kier molecular flexibility index (Phi) is 3.17. The van der Waals surface area contributed by atoms with Crippen molar-refractivity contribution in [2.75, 3.05) is 6.61 Å². The van der Waals surface area contributed by atoms with E-state index in [1.54, 1.807) is 13.0 Å². The number of ether oxygens (including phenoxy) is 2. The van der Waals surface area contributed by atoms with Gasteiger partial charge in [-0.2, -0.15) is 10.5 Å². The smallest absolute Gasteiger partial charge is 0.311 e. The van der Waals surface area contributed by atoms with Crippen molar-refractivity contribution >= 4 is 23.1 Å². The number of nitrogens with one attached hydrogen (secondary N) is 1. The van der Waals surface area contributed by atoms with Crippen LogP contribution >= 0.6 is 11.6 Å². The van der Waals surface area contributed by atoms with E-state index >= 15 is 0 Å². The Bertz CT molecular complexity index is 968. The Labute approximate surface area is 152 Å². The molecule has 1 saturated heterocycles. The predicted molar refractivity (Wildman–Crippen MR) is 86.3 cm³/mol. The molecule has 132 valence electrons. The first-order valence-electron chi connectivity index (χ1n) is 7.79. The maximum Gasteiger partial charge on any atom is 0.343 e. The molecular formula is C16H13ClN5O4+. The zero-order chi connectivity index (χ0) is 18.9. The molecule has 1 aromatic carbocycles. The molecule has 4 rings (SSSR count). The Hall–Kier alpha value is -2.72. The summed E-state index contributed by atoms with van der Waals surface area (Å²) in [7, 11) is 0. The maximum atomic E-state index is 11.2. The van der Waals surface area contributed by atoms with E-state index < -0.39 is 27.6 Å². The van der Waals surface area contributed by atoms with Crippen LogP contribution in [0.5, 0.6) is 0 Å². The lowest BCUT2D eigenvalue weighted by Crippen LogP contribution is -2.90. The second-order valence-electron chi connectivity index (χ2n) is 6.64. The van der Waals surface area contributed by atoms with Gasteiger partial charge in [0.1, 0.15) is 5.02 Å². The average Bonchev–Trinajstić information content (AvgIpc) is 2.99. The fourth-order valence-corrected chi connectivity index (χ4v) is 4.50. The monoisotopic (exact) mass is 374 g/mol. The summed E-state index contributed by atoms with van der Waals surface area (Å²) in [6.07, 6.45) is -0.309. The lowest BCUT2D eigenvalue weighted by molar-refractivity contribution is -0.677. The summed E-state index contributed by atoms with van der Waals surface area (Å²) in [5.41, 5.74) is 3.30. The van der Waals surface area contributed by atoms with Gasteiger partial charge in [-0.25, -0.2) is 4.99 Å². The van der Waals surface area contributed by atoms with Crippen molar-refractivity contribution < 1.29 is 19.4 Å². The van der Waals surface area contributed by atoms with Crippen molar-refractivity contribution in [2.45, 2.75) is 24.9 Å². The molecule has 0 bridgehead atoms. The van der Waals surface area contributed by atoms with E-state index in [4.69, 9.17) is 26.8 Å². The number of halogens is 1. The first-order chi connectivity index (χ1) is 12.3. The molecule has 1 aliphatic carbocycles. The molecule has 1 aromatic rings. The van der Waals surface area contributed by atoms with E-state index in [9.17, 15) is 20.6 Å². The molecule has 0 radical (unpaired) electrons. The summed E-state index contributed by atoms with van der Waals surface area (Å²) in [5, 5.41) is 31.1. The molecule has 0 amide bonds. The minimum Gasteiger partial charge on any atom is -0.311 e. The number of rotatable bonds is 2. The quantitative estimate of drug-likeness (QED) is 0.542. The molecule has 10 heteroatoms. The van der Waals surface area contributed by atoms with E-state index in [2.05, 4.69) is 17.1 Å². The normalized spacial score (nSPS) is 39.8. The van der Waals surface area contributed by atoms with Gasteiger partial charge in [0.25, 0.3) is 11.5 Å². The largest absolute Gasteiger partial charge is 0.343 e. The molecule has 9 nitrogen and oxygen atoms in total. The molecule has 2 aliphatic heterocycles. The predicted octanol–water partition coefficient (Wildman–Crippen LogP) is -0.0941. The lowest BCUT2D eigenvalue weighted by atomic mass is 9.94. The van der Waals surface area contributed by atoms with Crippen LogP contribution in [0.3, 0.4) is 0 Å². The first kappa shape index (κ1) is 16.7. The highest BCUT2D eigenvalue weighted by atomic mass is 35.5. The van der Waals surface area contributed by atoms with Crippen molar-refractivity contribution in [3.63, 3.8) is 0 Å². The van der Waals surface area contributed by atoms with E-state index in [1.807, 2.05) is 0 Å². The van der Waals surface area contributed by atoms with Crippen LogP contribution in [0.4, 0.5) is 5.69 Å². The molecule has 26 heavy (non-hydrogen) atoms. The highest BCUT2D eigenvalue weighted by Crippen LogP contribution is 2.79. The third-order valence-corrected chi connectivity index (χ3v) is 5.71. The fraction of sp³-hybridized carbons (Fsp3) is 0.438. The Morgan fingerprint density at radius 3 is 2.73 bits per heavy atom. The molecule has 0 aromatic heterocycles. The number of hydrogen-bond acceptors (Lipinski definition) is 7. The van der Waals surface area contributed by atoms with Crippen LogP contribution in [0.1, 0.15) is 18.4 Å². The van der Waals surface area contributed by atoms with Crippen LogP contribution < -0.4 is 10.7 Å². The first-order valence-corrected chi connectivity index (χ1v) is 8.16. The third-order valence-electron chi connectivity index (χ3n) is 5.39. The van der Waals surface area contributed by atoms with Gasteiger partial charge in [-0.3, -0.25) is 15.8 Å². The Balaban J connectivity index is 1.91. The molecule has 5 atom stereocenters. The van der Waals surface area contributed by atoms with Crippen molar-refractivity contribution in [3.8, 4) is 12.1 Å². The Morgan fingerprint density at radius 2 is 2.19 bits per heavy atom. The van der Waals surface area contributed by atoms with E-state index in [0.717, 1.165) is 0 Å². The number of nitro groups is 1. The van der Waals surface area contributed by atoms with E-state index in [0.29, 0.717) is 5.56 Å². The second-order valence-corrected chi connectivity index (χ2v) is 7.04. The Morgan fingerprint density at radius 1 is 1.46 bits per heavy atom. The van der Waals surface area contributed by atoms with Gasteiger partial charge in [0, 0.05) is 12.0 Å². The van der Waals surface area contributed by atoms with Crippen molar-refractivity contribution in [1.29, 1.82) is 10.5 Å². The van der Waals surface area contributed by atoms with Crippen LogP contribution in [-0.2, 0) is 9.47 Å². The van der Waals surface area contributed by atoms with Gasteiger partial charge in [-0.1, -0.05) is 17.7 Å². The lowest BCUT2D eigenvalue weighted by Gasteiger charge is -2.23. The number of benzene rings is 1. The van der Waals surface area contributed by atoms with Crippen LogP contribution in [-0.4, -0.2) is 29.4 Å². The zero-order valence-corrected chi connectivity index (χ0v) is 14.3. The number of nitrogens with zero attached hydrogens (tertiary/aromatic N) is 3. The highest BCUT2D eigenvalue weighted by Gasteiger charge is 2.97. The number of amidine groups is 1. The average molecular weight is 375 g/mol. The molecule has 3 N–H and O–H groups in total. The van der Waals surface area contributed by atoms with Crippen molar-refractivity contribution in [3.05, 3.63) is 38.9 Å². The number of nitriles is 2. The van der Waals surface area contributed by atoms with Crippen LogP contribution in [0.25, 0.3) is 0 Å². The standard InChI is InChI=1S/C16H12ClN5O4/c1-8-5-25-16(26-8)15(7-19)12(14(15,6-18)13(20)21-16)9-2-3-10(17)11(4-9)22(23)24/h2-4,8,12H,5H2,1H3,(H2,20,21)/p+1/t8-,12+,14+,15+,16+/m0/s1. The molecule has 1 spiro atoms. The highest BCUT2D eigenvalue weighted by molar-refractivity contribution is 6.32. The van der Waals surface area contributed by atoms with Gasteiger partial charge in [0.2, 0.25) is 0 Å². The van der Waals surface area contributed by atoms with E-state index in [1.165, 1.54) is 12.1 Å². The van der Waals surface area contributed by atoms with E-state index in [-0.39, 0.29) is 29.3 Å². The molecule has 3 aliphatic rings. The number of fused-ring (bicyclic) bond motifs is 2. The minimum atomic E-state index is -1.57. The second kappa shape index (κ2) is 4.92. The van der Waals surface area contributed by atoms with Crippen molar-refractivity contribution in [2.24, 2.45) is 16.6 Å². The van der Waals surface area contributed by atoms with Gasteiger partial charge in [0.05, 0.1) is 29.8 Å². The number of nitrogens with two attached hydrogens (primary N) is 1. The summed E-state index contributed by atoms with van der Waals surface area (Å²) in [5.74, 6) is -2.27. The summed E-state index contributed by atoms with van der Waals surface area (Å²) >= 11 is 5.88. The SMILES string of the molecule is C[C@H]1CO[C@@]2([NH+]=C(N)[C@@]3(C#N)[C@@H](c4ccc(Cl)c([N+](=O)[O-])c4)[C@@]23C#N)O1. The molecular weight excluding hydrogens is 362 g/mol. The van der Waals surface area contributed by atoms with Crippen LogP contribution in [0.15, 0.2) is 18.2 Å². The molecule has 2 fully saturated rings.